The molecule has 0 bridgehead atoms. The number of hydrogen-bond acceptors (Lipinski definition) is 4. The molecular formula is C13H16N2OS. The van der Waals surface area contributed by atoms with E-state index in [2.05, 4.69) is 30.9 Å². The van der Waals surface area contributed by atoms with Gasteiger partial charge in [-0.1, -0.05) is 17.4 Å². The molecule has 0 amide bonds. The van der Waals surface area contributed by atoms with Crippen LogP contribution in [0.1, 0.15) is 17.5 Å². The van der Waals surface area contributed by atoms with Crippen molar-refractivity contribution in [1.82, 2.24) is 4.98 Å². The van der Waals surface area contributed by atoms with Crippen LogP contribution in [0.2, 0.25) is 0 Å². The highest BCUT2D eigenvalue weighted by molar-refractivity contribution is 7.22. The highest BCUT2D eigenvalue weighted by Crippen LogP contribution is 2.33. The number of benzene rings is 1. The zero-order valence-corrected chi connectivity index (χ0v) is 10.9. The third-order valence-electron chi connectivity index (χ3n) is 3.51. The summed E-state index contributed by atoms with van der Waals surface area (Å²) in [5.41, 5.74) is 3.67. The molecule has 1 unspecified atom stereocenters. The first-order valence-corrected chi connectivity index (χ1v) is 6.76. The summed E-state index contributed by atoms with van der Waals surface area (Å²) in [6, 6.07) is 4.30. The summed E-state index contributed by atoms with van der Waals surface area (Å²) < 4.78 is 1.24. The van der Waals surface area contributed by atoms with E-state index in [0.29, 0.717) is 0 Å². The summed E-state index contributed by atoms with van der Waals surface area (Å²) in [6.45, 7) is 5.88. The second-order valence-electron chi connectivity index (χ2n) is 4.74. The van der Waals surface area contributed by atoms with Crippen molar-refractivity contribution in [2.75, 3.05) is 18.0 Å². The number of thiazole rings is 1. The van der Waals surface area contributed by atoms with Crippen LogP contribution in [-0.4, -0.2) is 29.3 Å². The molecule has 0 radical (unpaired) electrons. The third-order valence-corrected chi connectivity index (χ3v) is 4.59. The van der Waals surface area contributed by atoms with E-state index in [4.69, 9.17) is 4.98 Å². The molecular weight excluding hydrogens is 232 g/mol. The van der Waals surface area contributed by atoms with Crippen molar-refractivity contribution in [1.29, 1.82) is 0 Å². The van der Waals surface area contributed by atoms with E-state index in [-0.39, 0.29) is 6.10 Å². The Morgan fingerprint density at radius 3 is 2.94 bits per heavy atom. The number of rotatable bonds is 1. The largest absolute Gasteiger partial charge is 0.391 e. The quantitative estimate of drug-likeness (QED) is 0.842. The minimum atomic E-state index is -0.190. The minimum Gasteiger partial charge on any atom is -0.391 e. The Bertz CT molecular complexity index is 564. The smallest absolute Gasteiger partial charge is 0.186 e. The normalized spacial score (nSPS) is 20.4. The van der Waals surface area contributed by atoms with Gasteiger partial charge in [-0.25, -0.2) is 4.98 Å². The number of nitrogens with zero attached hydrogens (tertiary/aromatic N) is 2. The zero-order valence-electron chi connectivity index (χ0n) is 10.1. The number of aryl methyl sites for hydroxylation is 2. The summed E-state index contributed by atoms with van der Waals surface area (Å²) in [5.74, 6) is 0. The Labute approximate surface area is 105 Å². The fraction of sp³-hybridized carbons (Fsp3) is 0.462. The van der Waals surface area contributed by atoms with Crippen molar-refractivity contribution in [2.24, 2.45) is 0 Å². The van der Waals surface area contributed by atoms with Gasteiger partial charge in [0, 0.05) is 13.1 Å². The van der Waals surface area contributed by atoms with E-state index in [0.717, 1.165) is 30.2 Å². The number of fused-ring (bicyclic) bond motifs is 1. The molecule has 90 valence electrons. The minimum absolute atomic E-state index is 0.190. The average molecular weight is 248 g/mol. The van der Waals surface area contributed by atoms with Gasteiger partial charge in [0.05, 0.1) is 16.3 Å². The van der Waals surface area contributed by atoms with Crippen molar-refractivity contribution >= 4 is 26.7 Å². The summed E-state index contributed by atoms with van der Waals surface area (Å²) >= 11 is 1.72. The lowest BCUT2D eigenvalue weighted by atomic mass is 10.1. The maximum atomic E-state index is 9.57. The Kier molecular flexibility index (Phi) is 2.56. The number of hydrogen-bond donors (Lipinski definition) is 1. The second-order valence-corrected chi connectivity index (χ2v) is 5.75. The molecule has 0 saturated carbocycles. The van der Waals surface area contributed by atoms with E-state index >= 15 is 0 Å². The van der Waals surface area contributed by atoms with E-state index in [1.165, 1.54) is 15.8 Å². The first kappa shape index (κ1) is 11.0. The molecule has 17 heavy (non-hydrogen) atoms. The molecule has 0 spiro atoms. The van der Waals surface area contributed by atoms with E-state index in [1.807, 2.05) is 0 Å². The molecule has 1 fully saturated rings. The molecule has 1 saturated heterocycles. The first-order valence-electron chi connectivity index (χ1n) is 5.95. The molecule has 1 N–H and O–H groups in total. The molecule has 3 rings (SSSR count). The van der Waals surface area contributed by atoms with E-state index in [1.54, 1.807) is 11.3 Å². The molecule has 1 aliphatic heterocycles. The Morgan fingerprint density at radius 1 is 1.41 bits per heavy atom. The fourth-order valence-corrected chi connectivity index (χ4v) is 3.33. The lowest BCUT2D eigenvalue weighted by molar-refractivity contribution is 0.198. The van der Waals surface area contributed by atoms with Gasteiger partial charge in [0.2, 0.25) is 0 Å². The first-order chi connectivity index (χ1) is 8.15. The maximum Gasteiger partial charge on any atom is 0.186 e. The Morgan fingerprint density at radius 2 is 2.24 bits per heavy atom. The summed E-state index contributed by atoms with van der Waals surface area (Å²) in [4.78, 5) is 6.91. The van der Waals surface area contributed by atoms with Gasteiger partial charge in [0.15, 0.2) is 5.13 Å². The molecule has 1 aromatic carbocycles. The topological polar surface area (TPSA) is 36.4 Å². The van der Waals surface area contributed by atoms with E-state index in [9.17, 15) is 5.11 Å². The summed E-state index contributed by atoms with van der Waals surface area (Å²) in [5, 5.41) is 10.6. The molecule has 1 aromatic heterocycles. The third kappa shape index (κ3) is 1.81. The molecule has 2 aromatic rings. The lowest BCUT2D eigenvalue weighted by Crippen LogP contribution is -2.20. The monoisotopic (exact) mass is 248 g/mol. The van der Waals surface area contributed by atoms with Crippen LogP contribution < -0.4 is 4.90 Å². The van der Waals surface area contributed by atoms with Gasteiger partial charge < -0.3 is 10.0 Å². The number of β-amino-alcohol motifs (C(OH)–C–C–N with tert-alkyl or cyclic N) is 1. The van der Waals surface area contributed by atoms with Crippen LogP contribution in [0, 0.1) is 13.8 Å². The fourth-order valence-electron chi connectivity index (χ4n) is 2.27. The van der Waals surface area contributed by atoms with Gasteiger partial charge in [-0.3, -0.25) is 0 Å². The summed E-state index contributed by atoms with van der Waals surface area (Å²) in [6.07, 6.45) is 0.665. The van der Waals surface area contributed by atoms with Crippen LogP contribution in [0.4, 0.5) is 5.13 Å². The molecule has 1 aliphatic rings. The number of anilines is 1. The lowest BCUT2D eigenvalue weighted by Gasteiger charge is -2.12. The van der Waals surface area contributed by atoms with Crippen LogP contribution >= 0.6 is 11.3 Å². The Hall–Kier alpha value is -1.13. The standard InChI is InChI=1S/C13H16N2OS/c1-8-3-4-11-12(9(8)2)14-13(17-11)15-6-5-10(16)7-15/h3-4,10,16H,5-7H2,1-2H3. The predicted molar refractivity (Wildman–Crippen MR) is 71.9 cm³/mol. The maximum absolute atomic E-state index is 9.57. The molecule has 2 heterocycles. The predicted octanol–water partition coefficient (Wildman–Crippen LogP) is 2.48. The van der Waals surface area contributed by atoms with Gasteiger partial charge in [0.25, 0.3) is 0 Å². The highest BCUT2D eigenvalue weighted by Gasteiger charge is 2.23. The van der Waals surface area contributed by atoms with E-state index < -0.39 is 0 Å². The van der Waals surface area contributed by atoms with Gasteiger partial charge in [-0.2, -0.15) is 0 Å². The molecule has 3 nitrogen and oxygen atoms in total. The zero-order chi connectivity index (χ0) is 12.0. The van der Waals surface area contributed by atoms with Crippen molar-refractivity contribution in [3.8, 4) is 0 Å². The second kappa shape index (κ2) is 3.96. The van der Waals surface area contributed by atoms with Crippen molar-refractivity contribution in [3.63, 3.8) is 0 Å². The molecule has 1 atom stereocenters. The van der Waals surface area contributed by atoms with Crippen molar-refractivity contribution < 1.29 is 5.11 Å². The number of aromatic nitrogens is 1. The van der Waals surface area contributed by atoms with Gasteiger partial charge in [-0.05, 0) is 37.5 Å². The van der Waals surface area contributed by atoms with Crippen LogP contribution in [0.3, 0.4) is 0 Å². The highest BCUT2D eigenvalue weighted by atomic mass is 32.1. The number of aliphatic hydroxyl groups is 1. The van der Waals surface area contributed by atoms with Crippen molar-refractivity contribution in [2.45, 2.75) is 26.4 Å². The average Bonchev–Trinajstić information content (AvgIpc) is 2.90. The number of aliphatic hydroxyl groups excluding tert-OH is 1. The summed E-state index contributed by atoms with van der Waals surface area (Å²) in [7, 11) is 0. The van der Waals surface area contributed by atoms with Crippen molar-refractivity contribution in [3.05, 3.63) is 23.3 Å². The molecule has 4 heteroatoms. The van der Waals surface area contributed by atoms with Gasteiger partial charge >= 0.3 is 0 Å². The van der Waals surface area contributed by atoms with Crippen LogP contribution in [-0.2, 0) is 0 Å². The van der Waals surface area contributed by atoms with Crippen LogP contribution in [0.15, 0.2) is 12.1 Å². The van der Waals surface area contributed by atoms with Gasteiger partial charge in [-0.15, -0.1) is 0 Å². The van der Waals surface area contributed by atoms with Crippen LogP contribution in [0.5, 0.6) is 0 Å². The SMILES string of the molecule is Cc1ccc2sc(N3CCC(O)C3)nc2c1C. The van der Waals surface area contributed by atoms with Crippen LogP contribution in [0.25, 0.3) is 10.2 Å². The Balaban J connectivity index is 2.05. The molecule has 0 aliphatic carbocycles. The van der Waals surface area contributed by atoms with Gasteiger partial charge in [0.1, 0.15) is 0 Å².